The van der Waals surface area contributed by atoms with Crippen LogP contribution >= 0.6 is 0 Å². The van der Waals surface area contributed by atoms with Gasteiger partial charge in [-0.25, -0.2) is 0 Å². The molecule has 1 aliphatic carbocycles. The fourth-order valence-corrected chi connectivity index (χ4v) is 1.65. The molecule has 1 heteroatoms. The van der Waals surface area contributed by atoms with Gasteiger partial charge < -0.3 is 5.11 Å². The first-order valence-electron chi connectivity index (χ1n) is 4.94. The highest BCUT2D eigenvalue weighted by Crippen LogP contribution is 2.19. The van der Waals surface area contributed by atoms with Crippen molar-refractivity contribution in [2.24, 2.45) is 5.92 Å². The topological polar surface area (TPSA) is 20.2 Å². The van der Waals surface area contributed by atoms with Crippen LogP contribution in [0.3, 0.4) is 0 Å². The van der Waals surface area contributed by atoms with E-state index in [0.29, 0.717) is 5.92 Å². The van der Waals surface area contributed by atoms with E-state index < -0.39 is 0 Å². The van der Waals surface area contributed by atoms with E-state index in [9.17, 15) is 5.11 Å². The number of hydrogen-bond acceptors (Lipinski definition) is 1. The molecule has 0 saturated heterocycles. The summed E-state index contributed by atoms with van der Waals surface area (Å²) in [5.41, 5.74) is 1.21. The lowest BCUT2D eigenvalue weighted by Gasteiger charge is -2.01. The van der Waals surface area contributed by atoms with Crippen LogP contribution in [0.1, 0.15) is 12.0 Å². The Morgan fingerprint density at radius 3 is 2.57 bits per heavy atom. The smallest absolute Gasteiger partial charge is 0.0729 e. The Hall–Kier alpha value is -1.34. The zero-order valence-corrected chi connectivity index (χ0v) is 8.01. The number of rotatable bonds is 2. The summed E-state index contributed by atoms with van der Waals surface area (Å²) >= 11 is 0. The van der Waals surface area contributed by atoms with Crippen LogP contribution in [0.5, 0.6) is 0 Å². The van der Waals surface area contributed by atoms with E-state index in [1.54, 1.807) is 0 Å². The van der Waals surface area contributed by atoms with Gasteiger partial charge >= 0.3 is 0 Å². The van der Waals surface area contributed by atoms with E-state index in [4.69, 9.17) is 0 Å². The lowest BCUT2D eigenvalue weighted by molar-refractivity contribution is 0.216. The Kier molecular flexibility index (Phi) is 2.80. The van der Waals surface area contributed by atoms with Crippen LogP contribution in [0.2, 0.25) is 0 Å². The average molecular weight is 186 g/mol. The van der Waals surface area contributed by atoms with Crippen molar-refractivity contribution in [3.63, 3.8) is 0 Å². The Labute approximate surface area is 84.4 Å². The summed E-state index contributed by atoms with van der Waals surface area (Å²) in [7, 11) is 0. The molecular formula is C13H14O. The standard InChI is InChI=1S/C13H14O/c14-13-9-8-12(10-13)7-6-11-4-2-1-3-5-11/h1-9,12-14H,10H2/b7-6+. The van der Waals surface area contributed by atoms with Gasteiger partial charge in [0.2, 0.25) is 0 Å². The van der Waals surface area contributed by atoms with E-state index in [1.165, 1.54) is 5.56 Å². The molecule has 0 radical (unpaired) electrons. The van der Waals surface area contributed by atoms with E-state index >= 15 is 0 Å². The van der Waals surface area contributed by atoms with Gasteiger partial charge in [0.25, 0.3) is 0 Å². The molecular weight excluding hydrogens is 172 g/mol. The summed E-state index contributed by atoms with van der Waals surface area (Å²) < 4.78 is 0. The fraction of sp³-hybridized carbons (Fsp3) is 0.231. The molecule has 0 amide bonds. The van der Waals surface area contributed by atoms with Crippen LogP contribution in [0.15, 0.2) is 48.6 Å². The number of aliphatic hydroxyl groups is 1. The normalized spacial score (nSPS) is 26.1. The molecule has 0 aromatic heterocycles. The molecule has 0 spiro atoms. The maximum Gasteiger partial charge on any atom is 0.0729 e. The highest BCUT2D eigenvalue weighted by molar-refractivity contribution is 5.49. The number of aliphatic hydroxyl groups excluding tert-OH is 1. The molecule has 0 heterocycles. The molecule has 1 aromatic carbocycles. The first-order chi connectivity index (χ1) is 6.84. The van der Waals surface area contributed by atoms with Crippen LogP contribution in [0.25, 0.3) is 6.08 Å². The third-order valence-electron chi connectivity index (χ3n) is 2.43. The van der Waals surface area contributed by atoms with Crippen molar-refractivity contribution in [3.8, 4) is 0 Å². The van der Waals surface area contributed by atoms with Gasteiger partial charge in [0, 0.05) is 0 Å². The zero-order chi connectivity index (χ0) is 9.80. The second-order valence-electron chi connectivity index (χ2n) is 3.62. The minimum absolute atomic E-state index is 0.250. The number of hydrogen-bond donors (Lipinski definition) is 1. The second-order valence-corrected chi connectivity index (χ2v) is 3.62. The minimum Gasteiger partial charge on any atom is -0.389 e. The first-order valence-corrected chi connectivity index (χ1v) is 4.94. The molecule has 2 rings (SSSR count). The van der Waals surface area contributed by atoms with Crippen molar-refractivity contribution >= 4 is 6.08 Å². The maximum absolute atomic E-state index is 9.28. The van der Waals surface area contributed by atoms with Gasteiger partial charge in [-0.15, -0.1) is 0 Å². The van der Waals surface area contributed by atoms with Crippen molar-refractivity contribution in [2.45, 2.75) is 12.5 Å². The quantitative estimate of drug-likeness (QED) is 0.704. The Balaban J connectivity index is 1.98. The molecule has 1 N–H and O–H groups in total. The molecule has 2 atom stereocenters. The maximum atomic E-state index is 9.28. The fourth-order valence-electron chi connectivity index (χ4n) is 1.65. The first kappa shape index (κ1) is 9.22. The number of benzene rings is 1. The molecule has 1 aliphatic rings. The molecule has 2 unspecified atom stereocenters. The third kappa shape index (κ3) is 2.33. The summed E-state index contributed by atoms with van der Waals surface area (Å²) in [5, 5.41) is 9.28. The summed E-state index contributed by atoms with van der Waals surface area (Å²) in [6.45, 7) is 0. The van der Waals surface area contributed by atoms with Gasteiger partial charge in [-0.3, -0.25) is 0 Å². The van der Waals surface area contributed by atoms with Crippen LogP contribution in [0.4, 0.5) is 0 Å². The van der Waals surface area contributed by atoms with Crippen LogP contribution in [-0.4, -0.2) is 11.2 Å². The largest absolute Gasteiger partial charge is 0.389 e. The summed E-state index contributed by atoms with van der Waals surface area (Å²) in [5.74, 6) is 0.394. The predicted octanol–water partition coefficient (Wildman–Crippen LogP) is 2.64. The van der Waals surface area contributed by atoms with Crippen molar-refractivity contribution in [1.82, 2.24) is 0 Å². The lowest BCUT2D eigenvalue weighted by Crippen LogP contribution is -1.99. The third-order valence-corrected chi connectivity index (χ3v) is 2.43. The Morgan fingerprint density at radius 2 is 1.93 bits per heavy atom. The second kappa shape index (κ2) is 4.25. The molecule has 72 valence electrons. The summed E-state index contributed by atoms with van der Waals surface area (Å²) in [6, 6.07) is 10.2. The zero-order valence-electron chi connectivity index (χ0n) is 8.01. The average Bonchev–Trinajstić information content (AvgIpc) is 2.63. The molecule has 14 heavy (non-hydrogen) atoms. The summed E-state index contributed by atoms with van der Waals surface area (Å²) in [6.07, 6.45) is 8.74. The SMILES string of the molecule is OC1C=CC(/C=C/c2ccccc2)C1. The van der Waals surface area contributed by atoms with E-state index in [2.05, 4.69) is 30.4 Å². The van der Waals surface area contributed by atoms with Gasteiger partial charge in [-0.1, -0.05) is 54.6 Å². The molecule has 0 saturated carbocycles. The molecule has 0 fully saturated rings. The monoisotopic (exact) mass is 186 g/mol. The van der Waals surface area contributed by atoms with Gasteiger partial charge in [0.15, 0.2) is 0 Å². The number of allylic oxidation sites excluding steroid dienone is 2. The van der Waals surface area contributed by atoms with Crippen LogP contribution in [-0.2, 0) is 0 Å². The van der Waals surface area contributed by atoms with Crippen molar-refractivity contribution < 1.29 is 5.11 Å². The summed E-state index contributed by atoms with van der Waals surface area (Å²) in [4.78, 5) is 0. The van der Waals surface area contributed by atoms with Gasteiger partial charge in [0.05, 0.1) is 6.10 Å². The highest BCUT2D eigenvalue weighted by Gasteiger charge is 2.12. The molecule has 0 aliphatic heterocycles. The van der Waals surface area contributed by atoms with Crippen molar-refractivity contribution in [2.75, 3.05) is 0 Å². The van der Waals surface area contributed by atoms with Gasteiger partial charge in [-0.05, 0) is 17.9 Å². The lowest BCUT2D eigenvalue weighted by atomic mass is 10.1. The van der Waals surface area contributed by atoms with Crippen LogP contribution in [0, 0.1) is 5.92 Å². The highest BCUT2D eigenvalue weighted by atomic mass is 16.3. The Bertz CT molecular complexity index is 338. The van der Waals surface area contributed by atoms with Crippen molar-refractivity contribution in [1.29, 1.82) is 0 Å². The van der Waals surface area contributed by atoms with E-state index in [0.717, 1.165) is 6.42 Å². The van der Waals surface area contributed by atoms with Crippen molar-refractivity contribution in [3.05, 3.63) is 54.1 Å². The van der Waals surface area contributed by atoms with Gasteiger partial charge in [0.1, 0.15) is 0 Å². The van der Waals surface area contributed by atoms with Gasteiger partial charge in [-0.2, -0.15) is 0 Å². The predicted molar refractivity (Wildman–Crippen MR) is 58.7 cm³/mol. The Morgan fingerprint density at radius 1 is 1.14 bits per heavy atom. The van der Waals surface area contributed by atoms with E-state index in [1.807, 2.05) is 24.3 Å². The molecule has 0 bridgehead atoms. The minimum atomic E-state index is -0.250. The molecule has 1 aromatic rings. The van der Waals surface area contributed by atoms with E-state index in [-0.39, 0.29) is 6.10 Å². The van der Waals surface area contributed by atoms with Crippen LogP contribution < -0.4 is 0 Å². The molecule has 1 nitrogen and oxygen atoms in total.